The molecule has 1 fully saturated rings. The molecule has 6 nitrogen and oxygen atoms in total. The molecule has 3 amide bonds. The van der Waals surface area contributed by atoms with Gasteiger partial charge in [-0.15, -0.1) is 0 Å². The van der Waals surface area contributed by atoms with Gasteiger partial charge in [0.1, 0.15) is 0 Å². The second kappa shape index (κ2) is 9.57. The smallest absolute Gasteiger partial charge is 0.253 e. The molecule has 1 N–H and O–H groups in total. The first kappa shape index (κ1) is 21.6. The molecule has 1 aliphatic rings. The maximum Gasteiger partial charge on any atom is 0.253 e. The van der Waals surface area contributed by atoms with Crippen LogP contribution in [0.1, 0.15) is 42.1 Å². The van der Waals surface area contributed by atoms with Gasteiger partial charge < -0.3 is 15.1 Å². The second-order valence-electron chi connectivity index (χ2n) is 7.95. The average Bonchev–Trinajstić information content (AvgIpc) is 3.14. The third-order valence-corrected chi connectivity index (χ3v) is 5.35. The summed E-state index contributed by atoms with van der Waals surface area (Å²) in [7, 11) is 3.37. The Kier molecular flexibility index (Phi) is 6.87. The fourth-order valence-electron chi connectivity index (χ4n) is 3.59. The maximum atomic E-state index is 12.7. The third kappa shape index (κ3) is 5.06. The number of unbranched alkanes of at least 4 members (excludes halogenated alkanes) is 1. The topological polar surface area (TPSA) is 69.7 Å². The first-order valence-corrected chi connectivity index (χ1v) is 10.4. The minimum atomic E-state index is -0.425. The van der Waals surface area contributed by atoms with Gasteiger partial charge in [0, 0.05) is 44.0 Å². The highest BCUT2D eigenvalue weighted by atomic mass is 16.2. The number of aryl methyl sites for hydroxylation is 1. The maximum absolute atomic E-state index is 12.7. The van der Waals surface area contributed by atoms with Crippen LogP contribution in [0.3, 0.4) is 0 Å². The van der Waals surface area contributed by atoms with E-state index in [1.807, 2.05) is 12.1 Å². The van der Waals surface area contributed by atoms with Crippen molar-refractivity contribution in [2.24, 2.45) is 5.92 Å². The van der Waals surface area contributed by atoms with Crippen LogP contribution >= 0.6 is 0 Å². The van der Waals surface area contributed by atoms with Crippen molar-refractivity contribution in [3.8, 4) is 0 Å². The lowest BCUT2D eigenvalue weighted by Crippen LogP contribution is -2.28. The molecule has 30 heavy (non-hydrogen) atoms. The number of anilines is 2. The summed E-state index contributed by atoms with van der Waals surface area (Å²) >= 11 is 0. The Morgan fingerprint density at radius 1 is 1.13 bits per heavy atom. The van der Waals surface area contributed by atoms with Gasteiger partial charge in [0.15, 0.2) is 0 Å². The highest BCUT2D eigenvalue weighted by Gasteiger charge is 2.35. The average molecular weight is 408 g/mol. The molecule has 2 aromatic rings. The van der Waals surface area contributed by atoms with E-state index in [1.54, 1.807) is 43.3 Å². The molecule has 0 aromatic heterocycles. The Morgan fingerprint density at radius 2 is 1.87 bits per heavy atom. The lowest BCUT2D eigenvalue weighted by molar-refractivity contribution is -0.122. The fraction of sp³-hybridized carbons (Fsp3) is 0.375. The summed E-state index contributed by atoms with van der Waals surface area (Å²) in [5.41, 5.74) is 3.15. The van der Waals surface area contributed by atoms with E-state index in [4.69, 9.17) is 0 Å². The highest BCUT2D eigenvalue weighted by Crippen LogP contribution is 2.27. The molecule has 1 saturated heterocycles. The molecule has 2 aromatic carbocycles. The molecular weight excluding hydrogens is 378 g/mol. The summed E-state index contributed by atoms with van der Waals surface area (Å²) in [6, 6.07) is 14.9. The number of rotatable bonds is 7. The Morgan fingerprint density at radius 3 is 2.53 bits per heavy atom. The van der Waals surface area contributed by atoms with Gasteiger partial charge in [-0.05, 0) is 48.7 Å². The predicted octanol–water partition coefficient (Wildman–Crippen LogP) is 3.72. The first-order chi connectivity index (χ1) is 14.4. The molecule has 1 heterocycles. The number of amides is 3. The van der Waals surface area contributed by atoms with Crippen molar-refractivity contribution < 1.29 is 14.4 Å². The van der Waals surface area contributed by atoms with Crippen LogP contribution in [-0.2, 0) is 16.0 Å². The van der Waals surface area contributed by atoms with Crippen LogP contribution in [0.5, 0.6) is 0 Å². The first-order valence-electron chi connectivity index (χ1n) is 10.4. The molecule has 6 heteroatoms. The summed E-state index contributed by atoms with van der Waals surface area (Å²) < 4.78 is 0. The molecular formula is C24H29N3O3. The van der Waals surface area contributed by atoms with Crippen LogP contribution < -0.4 is 10.2 Å². The monoisotopic (exact) mass is 407 g/mol. The van der Waals surface area contributed by atoms with Gasteiger partial charge in [0.2, 0.25) is 11.8 Å². The van der Waals surface area contributed by atoms with Crippen LogP contribution in [0.25, 0.3) is 0 Å². The molecule has 0 radical (unpaired) electrons. The largest absolute Gasteiger partial charge is 0.345 e. The lowest BCUT2D eigenvalue weighted by atomic mass is 10.1. The van der Waals surface area contributed by atoms with Crippen LogP contribution in [0.4, 0.5) is 11.4 Å². The van der Waals surface area contributed by atoms with Crippen LogP contribution in [-0.4, -0.2) is 43.3 Å². The van der Waals surface area contributed by atoms with Crippen molar-refractivity contribution in [1.29, 1.82) is 0 Å². The van der Waals surface area contributed by atoms with Gasteiger partial charge in [-0.25, -0.2) is 0 Å². The number of hydrogen-bond acceptors (Lipinski definition) is 3. The number of carbonyl (C=O) groups is 3. The highest BCUT2D eigenvalue weighted by molar-refractivity contribution is 6.04. The number of nitrogens with one attached hydrogen (secondary N) is 1. The number of benzene rings is 2. The normalized spacial score (nSPS) is 15.9. The zero-order valence-corrected chi connectivity index (χ0v) is 17.9. The number of nitrogens with zero attached hydrogens (tertiary/aromatic N) is 2. The van der Waals surface area contributed by atoms with Gasteiger partial charge in [0.05, 0.1) is 5.92 Å². The molecule has 1 aliphatic heterocycles. The van der Waals surface area contributed by atoms with E-state index in [0.29, 0.717) is 17.8 Å². The summed E-state index contributed by atoms with van der Waals surface area (Å²) in [6.45, 7) is 2.52. The van der Waals surface area contributed by atoms with Crippen LogP contribution in [0.2, 0.25) is 0 Å². The van der Waals surface area contributed by atoms with Crippen LogP contribution in [0, 0.1) is 5.92 Å². The van der Waals surface area contributed by atoms with E-state index >= 15 is 0 Å². The predicted molar refractivity (Wildman–Crippen MR) is 119 cm³/mol. The van der Waals surface area contributed by atoms with Crippen molar-refractivity contribution in [3.63, 3.8) is 0 Å². The summed E-state index contributed by atoms with van der Waals surface area (Å²) in [5, 5.41) is 2.85. The van der Waals surface area contributed by atoms with E-state index in [0.717, 1.165) is 24.9 Å². The van der Waals surface area contributed by atoms with Crippen molar-refractivity contribution in [2.45, 2.75) is 32.6 Å². The van der Waals surface area contributed by atoms with Crippen molar-refractivity contribution in [2.75, 3.05) is 30.9 Å². The number of carbonyl (C=O) groups excluding carboxylic acids is 3. The Labute approximate surface area is 177 Å². The third-order valence-electron chi connectivity index (χ3n) is 5.35. The molecule has 0 spiro atoms. The van der Waals surface area contributed by atoms with Crippen molar-refractivity contribution >= 4 is 29.1 Å². The van der Waals surface area contributed by atoms with Gasteiger partial charge in [-0.3, -0.25) is 14.4 Å². The molecule has 3 rings (SSSR count). The molecule has 1 unspecified atom stereocenters. The molecule has 0 saturated carbocycles. The summed E-state index contributed by atoms with van der Waals surface area (Å²) in [6.07, 6.45) is 3.51. The van der Waals surface area contributed by atoms with Gasteiger partial charge in [0.25, 0.3) is 5.91 Å². The summed E-state index contributed by atoms with van der Waals surface area (Å²) in [4.78, 5) is 40.5. The second-order valence-corrected chi connectivity index (χ2v) is 7.95. The minimum absolute atomic E-state index is 0.0482. The van der Waals surface area contributed by atoms with Crippen molar-refractivity contribution in [1.82, 2.24) is 4.90 Å². The number of hydrogen-bond donors (Lipinski definition) is 1. The molecule has 0 bridgehead atoms. The van der Waals surface area contributed by atoms with Gasteiger partial charge >= 0.3 is 0 Å². The Hall–Kier alpha value is -3.15. The van der Waals surface area contributed by atoms with E-state index in [-0.39, 0.29) is 24.1 Å². The molecule has 0 aliphatic carbocycles. The quantitative estimate of drug-likeness (QED) is 0.760. The molecule has 158 valence electrons. The van der Waals surface area contributed by atoms with Gasteiger partial charge in [-0.1, -0.05) is 31.5 Å². The fourth-order valence-corrected chi connectivity index (χ4v) is 3.59. The standard InChI is InChI=1S/C24H29N3O3/c1-4-5-7-17-10-12-21(13-11-17)27-16-19(15-22(27)28)23(29)25-20-9-6-8-18(14-20)24(30)26(2)3/h6,8-14,19H,4-5,7,15-16H2,1-3H3,(H,25,29). The minimum Gasteiger partial charge on any atom is -0.345 e. The van der Waals surface area contributed by atoms with E-state index in [1.165, 1.54) is 10.5 Å². The van der Waals surface area contributed by atoms with E-state index in [9.17, 15) is 14.4 Å². The lowest BCUT2D eigenvalue weighted by Gasteiger charge is -2.17. The Bertz CT molecular complexity index is 922. The Balaban J connectivity index is 1.64. The summed E-state index contributed by atoms with van der Waals surface area (Å²) in [5.74, 6) is -0.811. The van der Waals surface area contributed by atoms with E-state index in [2.05, 4.69) is 24.4 Å². The zero-order chi connectivity index (χ0) is 21.7. The van der Waals surface area contributed by atoms with Crippen molar-refractivity contribution in [3.05, 3.63) is 59.7 Å². The zero-order valence-electron chi connectivity index (χ0n) is 17.9. The molecule has 1 atom stereocenters. The van der Waals surface area contributed by atoms with Gasteiger partial charge in [-0.2, -0.15) is 0 Å². The SMILES string of the molecule is CCCCc1ccc(N2CC(C(=O)Nc3cccc(C(=O)N(C)C)c3)CC2=O)cc1. The van der Waals surface area contributed by atoms with E-state index < -0.39 is 5.92 Å². The van der Waals surface area contributed by atoms with Crippen LogP contribution in [0.15, 0.2) is 48.5 Å².